The van der Waals surface area contributed by atoms with Gasteiger partial charge in [-0.25, -0.2) is 4.57 Å². The van der Waals surface area contributed by atoms with Gasteiger partial charge in [-0.05, 0) is 38.5 Å². The van der Waals surface area contributed by atoms with Crippen LogP contribution in [-0.2, 0) is 32.7 Å². The van der Waals surface area contributed by atoms with Gasteiger partial charge in [-0.15, -0.1) is 0 Å². The molecule has 0 spiro atoms. The summed E-state index contributed by atoms with van der Waals surface area (Å²) in [7, 11) is -4.38. The number of allylic oxidation sites excluding steroid dienone is 2. The second-order valence-electron chi connectivity index (χ2n) is 17.0. The molecule has 10 heteroatoms. The average molecular weight is 858 g/mol. The maximum atomic E-state index is 12.6. The molecular weight excluding hydrogens is 762 g/mol. The van der Waals surface area contributed by atoms with E-state index in [0.717, 1.165) is 32.1 Å². The molecular formula is C49H96NO8P. The van der Waals surface area contributed by atoms with Crippen LogP contribution in [0.4, 0.5) is 0 Å². The van der Waals surface area contributed by atoms with Gasteiger partial charge >= 0.3 is 19.8 Å². The Balaban J connectivity index is 4.01. The smallest absolute Gasteiger partial charge is 0.462 e. The van der Waals surface area contributed by atoms with Crippen LogP contribution in [0.25, 0.3) is 0 Å². The van der Waals surface area contributed by atoms with E-state index >= 15 is 0 Å². The van der Waals surface area contributed by atoms with Gasteiger partial charge in [0.25, 0.3) is 0 Å². The first kappa shape index (κ1) is 57.8. The molecule has 0 saturated carbocycles. The number of esters is 2. The number of phosphoric ester groups is 1. The number of rotatable bonds is 48. The average Bonchev–Trinajstić information content (AvgIpc) is 3.22. The summed E-state index contributed by atoms with van der Waals surface area (Å²) in [6, 6.07) is 0. The summed E-state index contributed by atoms with van der Waals surface area (Å²) in [6.45, 7) is 3.78. The van der Waals surface area contributed by atoms with Crippen LogP contribution in [0.15, 0.2) is 12.2 Å². The molecule has 0 bridgehead atoms. The van der Waals surface area contributed by atoms with Gasteiger partial charge in [-0.1, -0.05) is 219 Å². The van der Waals surface area contributed by atoms with Crippen molar-refractivity contribution in [1.29, 1.82) is 0 Å². The van der Waals surface area contributed by atoms with Gasteiger partial charge in [-0.2, -0.15) is 0 Å². The highest BCUT2D eigenvalue weighted by Crippen LogP contribution is 2.43. The number of hydrogen-bond acceptors (Lipinski definition) is 8. The molecule has 0 aliphatic heterocycles. The Kier molecular flexibility index (Phi) is 45.3. The lowest BCUT2D eigenvalue weighted by Crippen LogP contribution is -2.29. The van der Waals surface area contributed by atoms with Gasteiger partial charge in [0.2, 0.25) is 0 Å². The third kappa shape index (κ3) is 46.1. The molecule has 0 saturated heterocycles. The molecule has 0 aliphatic carbocycles. The highest BCUT2D eigenvalue weighted by Gasteiger charge is 2.26. The van der Waals surface area contributed by atoms with E-state index in [-0.39, 0.29) is 38.6 Å². The van der Waals surface area contributed by atoms with Crippen LogP contribution in [0.1, 0.15) is 258 Å². The van der Waals surface area contributed by atoms with E-state index in [9.17, 15) is 19.0 Å². The first-order valence-corrected chi connectivity index (χ1v) is 26.7. The summed E-state index contributed by atoms with van der Waals surface area (Å²) in [5.74, 6) is -0.813. The van der Waals surface area contributed by atoms with E-state index in [1.165, 1.54) is 193 Å². The van der Waals surface area contributed by atoms with Gasteiger partial charge in [0.15, 0.2) is 6.10 Å². The lowest BCUT2D eigenvalue weighted by atomic mass is 10.0. The van der Waals surface area contributed by atoms with Crippen molar-refractivity contribution in [2.45, 2.75) is 264 Å². The van der Waals surface area contributed by atoms with Crippen molar-refractivity contribution in [3.05, 3.63) is 12.2 Å². The number of carbonyl (C=O) groups is 2. The Morgan fingerprint density at radius 3 is 1.20 bits per heavy atom. The molecule has 1 unspecified atom stereocenters. The van der Waals surface area contributed by atoms with E-state index < -0.39 is 26.5 Å². The summed E-state index contributed by atoms with van der Waals surface area (Å²) in [5.41, 5.74) is 5.36. The maximum Gasteiger partial charge on any atom is 0.472 e. The highest BCUT2D eigenvalue weighted by molar-refractivity contribution is 7.47. The molecule has 9 nitrogen and oxygen atoms in total. The van der Waals surface area contributed by atoms with Crippen LogP contribution in [0, 0.1) is 0 Å². The normalized spacial score (nSPS) is 13.2. The zero-order valence-corrected chi connectivity index (χ0v) is 39.7. The largest absolute Gasteiger partial charge is 0.472 e. The fraction of sp³-hybridized carbons (Fsp3) is 0.918. The molecule has 0 rings (SSSR count). The Hall–Kier alpha value is -1.25. The minimum Gasteiger partial charge on any atom is -0.462 e. The molecule has 0 aromatic rings. The third-order valence-electron chi connectivity index (χ3n) is 11.2. The summed E-state index contributed by atoms with van der Waals surface area (Å²) in [5, 5.41) is 0. The Morgan fingerprint density at radius 1 is 0.492 bits per heavy atom. The van der Waals surface area contributed by atoms with Crippen LogP contribution >= 0.6 is 7.82 Å². The van der Waals surface area contributed by atoms with E-state index in [2.05, 4.69) is 26.0 Å². The molecule has 3 N–H and O–H groups in total. The predicted molar refractivity (Wildman–Crippen MR) is 248 cm³/mol. The van der Waals surface area contributed by atoms with Crippen molar-refractivity contribution < 1.29 is 37.6 Å². The number of phosphoric acid groups is 1. The van der Waals surface area contributed by atoms with E-state index in [0.29, 0.717) is 6.42 Å². The summed E-state index contributed by atoms with van der Waals surface area (Å²) in [4.78, 5) is 35.0. The Bertz CT molecular complexity index is 980. The second kappa shape index (κ2) is 46.3. The number of ether oxygens (including phenoxy) is 2. The van der Waals surface area contributed by atoms with Crippen LogP contribution < -0.4 is 5.73 Å². The van der Waals surface area contributed by atoms with E-state index in [1.54, 1.807) is 0 Å². The van der Waals surface area contributed by atoms with Crippen molar-refractivity contribution in [2.24, 2.45) is 5.73 Å². The van der Waals surface area contributed by atoms with Crippen molar-refractivity contribution in [1.82, 2.24) is 0 Å². The maximum absolute atomic E-state index is 12.6. The lowest BCUT2D eigenvalue weighted by Gasteiger charge is -2.19. The highest BCUT2D eigenvalue weighted by atomic mass is 31.2. The molecule has 0 heterocycles. The number of unbranched alkanes of at least 4 members (excludes halogenated alkanes) is 33. The van der Waals surface area contributed by atoms with Gasteiger partial charge in [0.05, 0.1) is 13.2 Å². The second-order valence-corrected chi connectivity index (χ2v) is 18.5. The van der Waals surface area contributed by atoms with Crippen LogP contribution in [0.2, 0.25) is 0 Å². The van der Waals surface area contributed by atoms with Crippen molar-refractivity contribution in [3.8, 4) is 0 Å². The quantitative estimate of drug-likeness (QED) is 0.0265. The number of nitrogens with two attached hydrogens (primary N) is 1. The summed E-state index contributed by atoms with van der Waals surface area (Å²) < 4.78 is 32.9. The first-order chi connectivity index (χ1) is 28.8. The van der Waals surface area contributed by atoms with Crippen LogP contribution in [-0.4, -0.2) is 49.3 Å². The van der Waals surface area contributed by atoms with E-state index in [4.69, 9.17) is 24.3 Å². The van der Waals surface area contributed by atoms with Crippen molar-refractivity contribution in [3.63, 3.8) is 0 Å². The molecule has 350 valence electrons. The monoisotopic (exact) mass is 858 g/mol. The predicted octanol–water partition coefficient (Wildman–Crippen LogP) is 15.0. The van der Waals surface area contributed by atoms with Crippen LogP contribution in [0.5, 0.6) is 0 Å². The Labute approximate surface area is 364 Å². The first-order valence-electron chi connectivity index (χ1n) is 25.2. The van der Waals surface area contributed by atoms with Gasteiger partial charge < -0.3 is 20.1 Å². The molecule has 0 aromatic carbocycles. The zero-order chi connectivity index (χ0) is 43.2. The number of hydrogen-bond donors (Lipinski definition) is 2. The molecule has 0 fully saturated rings. The van der Waals surface area contributed by atoms with Gasteiger partial charge in [0, 0.05) is 19.4 Å². The van der Waals surface area contributed by atoms with Gasteiger partial charge in [-0.3, -0.25) is 18.6 Å². The summed E-state index contributed by atoms with van der Waals surface area (Å²) >= 11 is 0. The van der Waals surface area contributed by atoms with E-state index in [1.807, 2.05) is 0 Å². The molecule has 2 atom stereocenters. The standard InChI is InChI=1S/C49H96NO8P/c1-3-5-7-9-11-13-15-17-19-21-22-23-24-26-27-29-31-33-35-37-39-41-48(51)55-45-47(46-57-59(53,54)56-44-43-50)58-49(52)42-40-38-36-34-32-30-28-25-20-18-16-14-12-10-8-6-4-2/h17,19,47H,3-16,18,20-46,50H2,1-2H3,(H,53,54)/t47-/m1/s1. The minimum atomic E-state index is -4.38. The third-order valence-corrected chi connectivity index (χ3v) is 12.1. The number of carbonyl (C=O) groups excluding carboxylic acids is 2. The topological polar surface area (TPSA) is 134 Å². The van der Waals surface area contributed by atoms with Crippen molar-refractivity contribution >= 4 is 19.8 Å². The molecule has 0 amide bonds. The van der Waals surface area contributed by atoms with Crippen molar-refractivity contribution in [2.75, 3.05) is 26.4 Å². The summed E-state index contributed by atoms with van der Waals surface area (Å²) in [6.07, 6.45) is 49.6. The molecule has 0 aromatic heterocycles. The fourth-order valence-corrected chi connectivity index (χ4v) is 8.16. The fourth-order valence-electron chi connectivity index (χ4n) is 7.40. The van der Waals surface area contributed by atoms with Crippen LogP contribution in [0.3, 0.4) is 0 Å². The molecule has 0 radical (unpaired) electrons. The lowest BCUT2D eigenvalue weighted by molar-refractivity contribution is -0.161. The minimum absolute atomic E-state index is 0.0567. The Morgan fingerprint density at radius 2 is 0.831 bits per heavy atom. The van der Waals surface area contributed by atoms with Gasteiger partial charge in [0.1, 0.15) is 6.61 Å². The zero-order valence-electron chi connectivity index (χ0n) is 38.8. The molecule has 59 heavy (non-hydrogen) atoms. The molecule has 0 aliphatic rings. The SMILES string of the molecule is CCCCCCCCC=CCCCCCCCCCCCCCC(=O)OC[C@H](COP(=O)(O)OCCN)OC(=O)CCCCCCCCCCCCCCCCCCC.